The van der Waals surface area contributed by atoms with E-state index < -0.39 is 10.1 Å². The molecule has 0 aliphatic rings. The summed E-state index contributed by atoms with van der Waals surface area (Å²) in [6.45, 7) is 2.84. The summed E-state index contributed by atoms with van der Waals surface area (Å²) < 4.78 is 36.3. The number of hydrogen-bond acceptors (Lipinski definition) is 6. The first-order valence-electron chi connectivity index (χ1n) is 12.0. The molecule has 0 N–H and O–H groups in total. The van der Waals surface area contributed by atoms with Crippen molar-refractivity contribution in [3.8, 4) is 0 Å². The number of carbonyl (C=O) groups is 1. The van der Waals surface area contributed by atoms with Crippen molar-refractivity contribution in [3.05, 3.63) is 0 Å². The lowest BCUT2D eigenvalue weighted by Crippen LogP contribution is -2.14. The Kier molecular flexibility index (Phi) is 21.1. The minimum absolute atomic E-state index is 0.0219. The van der Waals surface area contributed by atoms with E-state index in [1.54, 1.807) is 0 Å². The zero-order valence-corrected chi connectivity index (χ0v) is 20.3. The van der Waals surface area contributed by atoms with Crippen molar-refractivity contribution in [1.29, 1.82) is 0 Å². The molecule has 0 aromatic carbocycles. The third-order valence-electron chi connectivity index (χ3n) is 5.00. The molecule has 0 saturated heterocycles. The smallest absolute Gasteiger partial charge is 0.305 e. The SMILES string of the molecule is CCCCCCCCCCCCCCCCCC(=O)OCCOCCOS(C)(=O)=O. The zero-order valence-electron chi connectivity index (χ0n) is 19.5. The minimum atomic E-state index is -3.42. The molecule has 0 heterocycles. The van der Waals surface area contributed by atoms with Gasteiger partial charge in [0.1, 0.15) is 6.61 Å². The van der Waals surface area contributed by atoms with E-state index in [4.69, 9.17) is 9.47 Å². The van der Waals surface area contributed by atoms with E-state index >= 15 is 0 Å². The fourth-order valence-electron chi connectivity index (χ4n) is 3.27. The molecule has 0 spiro atoms. The standard InChI is InChI=1S/C23H46O6S/c1-3-4-5-6-7-8-9-10-11-12-13-14-15-16-17-18-23(24)28-21-19-27-20-22-29-30(2,25)26/h3-22H2,1-2H3. The normalized spacial score (nSPS) is 11.7. The van der Waals surface area contributed by atoms with Crippen molar-refractivity contribution >= 4 is 16.1 Å². The van der Waals surface area contributed by atoms with Gasteiger partial charge in [-0.1, -0.05) is 96.8 Å². The summed E-state index contributed by atoms with van der Waals surface area (Å²) in [5.74, 6) is -0.194. The van der Waals surface area contributed by atoms with Crippen LogP contribution in [0.25, 0.3) is 0 Å². The summed E-state index contributed by atoms with van der Waals surface area (Å²) in [5.41, 5.74) is 0. The van der Waals surface area contributed by atoms with Gasteiger partial charge < -0.3 is 9.47 Å². The fourth-order valence-corrected chi connectivity index (χ4v) is 3.64. The van der Waals surface area contributed by atoms with E-state index in [2.05, 4.69) is 11.1 Å². The predicted molar refractivity (Wildman–Crippen MR) is 122 cm³/mol. The summed E-state index contributed by atoms with van der Waals surface area (Å²) in [7, 11) is -3.42. The van der Waals surface area contributed by atoms with E-state index in [9.17, 15) is 13.2 Å². The van der Waals surface area contributed by atoms with Crippen LogP contribution in [0.3, 0.4) is 0 Å². The highest BCUT2D eigenvalue weighted by molar-refractivity contribution is 7.85. The molecule has 0 unspecified atom stereocenters. The van der Waals surface area contributed by atoms with Gasteiger partial charge in [0.15, 0.2) is 0 Å². The third-order valence-corrected chi connectivity index (χ3v) is 5.60. The molecule has 0 aromatic heterocycles. The highest BCUT2D eigenvalue weighted by Crippen LogP contribution is 2.13. The average Bonchev–Trinajstić information content (AvgIpc) is 2.69. The number of unbranched alkanes of at least 4 members (excludes halogenated alkanes) is 14. The van der Waals surface area contributed by atoms with Crippen LogP contribution in [-0.4, -0.2) is 47.1 Å². The molecular formula is C23H46O6S. The number of esters is 1. The van der Waals surface area contributed by atoms with E-state index in [0.717, 1.165) is 19.1 Å². The van der Waals surface area contributed by atoms with Gasteiger partial charge in [0.25, 0.3) is 10.1 Å². The fraction of sp³-hybridized carbons (Fsp3) is 0.957. The maximum absolute atomic E-state index is 11.6. The first-order valence-corrected chi connectivity index (χ1v) is 13.8. The van der Waals surface area contributed by atoms with Crippen LogP contribution in [0.1, 0.15) is 110 Å². The van der Waals surface area contributed by atoms with Gasteiger partial charge in [-0.2, -0.15) is 8.42 Å². The van der Waals surface area contributed by atoms with Gasteiger partial charge in [0.05, 0.1) is 26.1 Å². The molecule has 0 atom stereocenters. The van der Waals surface area contributed by atoms with Crippen LogP contribution in [0.4, 0.5) is 0 Å². The Morgan fingerprint density at radius 2 is 1.07 bits per heavy atom. The van der Waals surface area contributed by atoms with Crippen LogP contribution in [0.2, 0.25) is 0 Å². The van der Waals surface area contributed by atoms with Crippen LogP contribution in [0, 0.1) is 0 Å². The second kappa shape index (κ2) is 21.6. The van der Waals surface area contributed by atoms with Gasteiger partial charge in [-0.05, 0) is 6.42 Å². The quantitative estimate of drug-likeness (QED) is 0.111. The van der Waals surface area contributed by atoms with Gasteiger partial charge in [0.2, 0.25) is 0 Å². The molecular weight excluding hydrogens is 404 g/mol. The monoisotopic (exact) mass is 450 g/mol. The van der Waals surface area contributed by atoms with Crippen LogP contribution < -0.4 is 0 Å². The summed E-state index contributed by atoms with van der Waals surface area (Å²) in [5, 5.41) is 0. The Labute approximate surface area is 185 Å². The zero-order chi connectivity index (χ0) is 22.3. The van der Waals surface area contributed by atoms with Gasteiger partial charge in [-0.15, -0.1) is 0 Å². The lowest BCUT2D eigenvalue weighted by Gasteiger charge is -2.06. The van der Waals surface area contributed by atoms with E-state index in [1.807, 2.05) is 0 Å². The van der Waals surface area contributed by atoms with Crippen molar-refractivity contribution in [2.45, 2.75) is 110 Å². The van der Waals surface area contributed by atoms with Crippen LogP contribution in [0.5, 0.6) is 0 Å². The molecule has 180 valence electrons. The highest BCUT2D eigenvalue weighted by atomic mass is 32.2. The molecule has 0 bridgehead atoms. The Morgan fingerprint density at radius 3 is 1.53 bits per heavy atom. The molecule has 0 fully saturated rings. The Balaban J connectivity index is 3.19. The van der Waals surface area contributed by atoms with Crippen molar-refractivity contribution in [3.63, 3.8) is 0 Å². The topological polar surface area (TPSA) is 78.9 Å². The minimum Gasteiger partial charge on any atom is -0.463 e. The first kappa shape index (κ1) is 29.3. The third kappa shape index (κ3) is 25.4. The molecule has 6 nitrogen and oxygen atoms in total. The summed E-state index contributed by atoms with van der Waals surface area (Å²) >= 11 is 0. The van der Waals surface area contributed by atoms with Crippen molar-refractivity contribution < 1.29 is 26.9 Å². The molecule has 0 aliphatic heterocycles. The molecule has 0 aromatic rings. The maximum Gasteiger partial charge on any atom is 0.305 e. The largest absolute Gasteiger partial charge is 0.463 e. The highest BCUT2D eigenvalue weighted by Gasteiger charge is 2.03. The van der Waals surface area contributed by atoms with Crippen molar-refractivity contribution in [1.82, 2.24) is 0 Å². The molecule has 30 heavy (non-hydrogen) atoms. The molecule has 0 amide bonds. The molecule has 0 aliphatic carbocycles. The van der Waals surface area contributed by atoms with Gasteiger partial charge >= 0.3 is 5.97 Å². The summed E-state index contributed by atoms with van der Waals surface area (Å²) in [6, 6.07) is 0. The summed E-state index contributed by atoms with van der Waals surface area (Å²) in [4.78, 5) is 11.6. The Morgan fingerprint density at radius 1 is 0.633 bits per heavy atom. The van der Waals surface area contributed by atoms with Gasteiger partial charge in [0, 0.05) is 6.42 Å². The maximum atomic E-state index is 11.6. The second-order valence-corrected chi connectivity index (χ2v) is 9.70. The number of rotatable bonds is 23. The van der Waals surface area contributed by atoms with E-state index in [0.29, 0.717) is 6.42 Å². The van der Waals surface area contributed by atoms with Gasteiger partial charge in [-0.25, -0.2) is 0 Å². The second-order valence-electron chi connectivity index (χ2n) is 8.06. The molecule has 0 radical (unpaired) electrons. The molecule has 0 rings (SSSR count). The average molecular weight is 451 g/mol. The molecule has 0 saturated carbocycles. The lowest BCUT2D eigenvalue weighted by atomic mass is 10.0. The Hall–Kier alpha value is -0.660. The van der Waals surface area contributed by atoms with Crippen LogP contribution in [-0.2, 0) is 28.6 Å². The van der Waals surface area contributed by atoms with Crippen LogP contribution >= 0.6 is 0 Å². The van der Waals surface area contributed by atoms with Crippen molar-refractivity contribution in [2.24, 2.45) is 0 Å². The number of hydrogen-bond donors (Lipinski definition) is 0. The number of carbonyl (C=O) groups excluding carboxylic acids is 1. The molecule has 7 heteroatoms. The Bertz CT molecular complexity index is 478. The van der Waals surface area contributed by atoms with Gasteiger partial charge in [-0.3, -0.25) is 8.98 Å². The number of ether oxygens (including phenoxy) is 2. The van der Waals surface area contributed by atoms with E-state index in [-0.39, 0.29) is 32.4 Å². The summed E-state index contributed by atoms with van der Waals surface area (Å²) in [6.07, 6.45) is 21.0. The predicted octanol–water partition coefficient (Wildman–Crippen LogP) is 5.78. The lowest BCUT2D eigenvalue weighted by molar-refractivity contribution is -0.145. The first-order chi connectivity index (χ1) is 14.5. The van der Waals surface area contributed by atoms with Crippen LogP contribution in [0.15, 0.2) is 0 Å². The van der Waals surface area contributed by atoms with Crippen molar-refractivity contribution in [2.75, 3.05) is 32.7 Å². The van der Waals surface area contributed by atoms with E-state index in [1.165, 1.54) is 83.5 Å².